The fraction of sp³-hybridized carbons (Fsp3) is 0.500. The van der Waals surface area contributed by atoms with Gasteiger partial charge < -0.3 is 14.8 Å². The van der Waals surface area contributed by atoms with E-state index in [2.05, 4.69) is 5.32 Å². The maximum atomic E-state index is 11.5. The standard InChI is InChI=1S/C16H23NO4/c1-2-3-11-20-16(19)12-17-10-9-15(18)21-13-14-7-5-4-6-8-14/h4-8,17H,2-3,9-13H2,1H3. The molecule has 21 heavy (non-hydrogen) atoms. The van der Waals surface area contributed by atoms with E-state index >= 15 is 0 Å². The van der Waals surface area contributed by atoms with Gasteiger partial charge in [-0.15, -0.1) is 0 Å². The molecule has 0 heterocycles. The minimum atomic E-state index is -0.291. The summed E-state index contributed by atoms with van der Waals surface area (Å²) < 4.78 is 10.1. The number of carbonyl (C=O) groups excluding carboxylic acids is 2. The molecule has 0 aliphatic rings. The molecule has 1 aromatic carbocycles. The minimum Gasteiger partial charge on any atom is -0.465 e. The fourth-order valence-electron chi connectivity index (χ4n) is 1.57. The first-order chi connectivity index (χ1) is 10.2. The summed E-state index contributed by atoms with van der Waals surface area (Å²) in [4.78, 5) is 22.8. The van der Waals surface area contributed by atoms with Crippen LogP contribution in [-0.4, -0.2) is 31.6 Å². The van der Waals surface area contributed by atoms with Gasteiger partial charge in [0.05, 0.1) is 19.6 Å². The van der Waals surface area contributed by atoms with E-state index in [9.17, 15) is 9.59 Å². The number of benzene rings is 1. The predicted octanol–water partition coefficient (Wildman–Crippen LogP) is 2.05. The number of nitrogens with one attached hydrogen (secondary N) is 1. The highest BCUT2D eigenvalue weighted by atomic mass is 16.5. The molecule has 0 aliphatic heterocycles. The first-order valence-corrected chi connectivity index (χ1v) is 7.28. The van der Waals surface area contributed by atoms with E-state index in [4.69, 9.17) is 9.47 Å². The zero-order chi connectivity index (χ0) is 15.3. The van der Waals surface area contributed by atoms with Crippen LogP contribution in [0.3, 0.4) is 0 Å². The van der Waals surface area contributed by atoms with Crippen molar-refractivity contribution >= 4 is 11.9 Å². The van der Waals surface area contributed by atoms with E-state index in [0.29, 0.717) is 13.2 Å². The Balaban J connectivity index is 2.02. The molecule has 0 atom stereocenters. The van der Waals surface area contributed by atoms with Gasteiger partial charge in [0.25, 0.3) is 0 Å². The molecule has 0 bridgehead atoms. The average Bonchev–Trinajstić information content (AvgIpc) is 2.51. The Bertz CT molecular complexity index is 420. The van der Waals surface area contributed by atoms with Crippen molar-refractivity contribution < 1.29 is 19.1 Å². The van der Waals surface area contributed by atoms with Crippen molar-refractivity contribution in [1.82, 2.24) is 5.32 Å². The third-order valence-corrected chi connectivity index (χ3v) is 2.78. The third kappa shape index (κ3) is 8.81. The molecule has 0 aliphatic carbocycles. The molecule has 1 rings (SSSR count). The first kappa shape index (κ1) is 17.2. The van der Waals surface area contributed by atoms with Crippen molar-refractivity contribution in [1.29, 1.82) is 0 Å². The van der Waals surface area contributed by atoms with Crippen molar-refractivity contribution in [3.8, 4) is 0 Å². The van der Waals surface area contributed by atoms with E-state index in [1.807, 2.05) is 37.3 Å². The number of carbonyl (C=O) groups is 2. The number of hydrogen-bond donors (Lipinski definition) is 1. The van der Waals surface area contributed by atoms with Crippen LogP contribution in [0.2, 0.25) is 0 Å². The Morgan fingerprint density at radius 1 is 1.10 bits per heavy atom. The summed E-state index contributed by atoms with van der Waals surface area (Å²) in [5, 5.41) is 2.87. The largest absolute Gasteiger partial charge is 0.465 e. The number of unbranched alkanes of at least 4 members (excludes halogenated alkanes) is 1. The second-order valence-electron chi connectivity index (χ2n) is 4.65. The lowest BCUT2D eigenvalue weighted by Crippen LogP contribution is -2.27. The summed E-state index contributed by atoms with van der Waals surface area (Å²) in [6, 6.07) is 9.51. The number of ether oxygens (including phenoxy) is 2. The predicted molar refractivity (Wildman–Crippen MR) is 79.6 cm³/mol. The number of esters is 2. The van der Waals surface area contributed by atoms with Crippen LogP contribution in [0.5, 0.6) is 0 Å². The molecule has 116 valence electrons. The van der Waals surface area contributed by atoms with Gasteiger partial charge in [-0.25, -0.2) is 0 Å². The normalized spacial score (nSPS) is 10.1. The van der Waals surface area contributed by atoms with Crippen LogP contribution >= 0.6 is 0 Å². The van der Waals surface area contributed by atoms with Crippen LogP contribution in [0, 0.1) is 0 Å². The van der Waals surface area contributed by atoms with E-state index in [0.717, 1.165) is 18.4 Å². The Morgan fingerprint density at radius 2 is 1.86 bits per heavy atom. The van der Waals surface area contributed by atoms with Crippen molar-refractivity contribution in [2.75, 3.05) is 19.7 Å². The van der Waals surface area contributed by atoms with E-state index in [1.54, 1.807) is 0 Å². The van der Waals surface area contributed by atoms with E-state index in [-0.39, 0.29) is 31.5 Å². The molecule has 0 saturated heterocycles. The van der Waals surface area contributed by atoms with Crippen molar-refractivity contribution in [3.05, 3.63) is 35.9 Å². The molecular weight excluding hydrogens is 270 g/mol. The van der Waals surface area contributed by atoms with E-state index < -0.39 is 0 Å². The molecule has 5 nitrogen and oxygen atoms in total. The number of hydrogen-bond acceptors (Lipinski definition) is 5. The van der Waals surface area contributed by atoms with Gasteiger partial charge in [-0.05, 0) is 12.0 Å². The Kier molecular flexibility index (Phi) is 8.88. The lowest BCUT2D eigenvalue weighted by atomic mass is 10.2. The van der Waals surface area contributed by atoms with Gasteiger partial charge in [0.2, 0.25) is 0 Å². The van der Waals surface area contributed by atoms with Gasteiger partial charge >= 0.3 is 11.9 Å². The minimum absolute atomic E-state index is 0.121. The summed E-state index contributed by atoms with van der Waals surface area (Å²) in [5.74, 6) is -0.577. The zero-order valence-corrected chi connectivity index (χ0v) is 12.5. The van der Waals surface area contributed by atoms with Crippen LogP contribution in [0.4, 0.5) is 0 Å². The molecular formula is C16H23NO4. The van der Waals surface area contributed by atoms with Gasteiger partial charge in [0.1, 0.15) is 6.61 Å². The molecule has 1 N–H and O–H groups in total. The van der Waals surface area contributed by atoms with Crippen molar-refractivity contribution in [2.45, 2.75) is 32.8 Å². The molecule has 0 amide bonds. The van der Waals surface area contributed by atoms with Crippen LogP contribution in [0.1, 0.15) is 31.7 Å². The molecule has 0 fully saturated rings. The summed E-state index contributed by atoms with van der Waals surface area (Å²) in [7, 11) is 0. The van der Waals surface area contributed by atoms with E-state index in [1.165, 1.54) is 0 Å². The highest BCUT2D eigenvalue weighted by Gasteiger charge is 2.05. The van der Waals surface area contributed by atoms with Crippen molar-refractivity contribution in [3.63, 3.8) is 0 Å². The topological polar surface area (TPSA) is 64.6 Å². The van der Waals surface area contributed by atoms with Gasteiger partial charge in [-0.1, -0.05) is 43.7 Å². The highest BCUT2D eigenvalue weighted by molar-refractivity contribution is 5.72. The molecule has 1 aromatic rings. The average molecular weight is 293 g/mol. The highest BCUT2D eigenvalue weighted by Crippen LogP contribution is 2.01. The third-order valence-electron chi connectivity index (χ3n) is 2.78. The molecule has 5 heteroatoms. The van der Waals surface area contributed by atoms with Gasteiger partial charge in [-0.3, -0.25) is 9.59 Å². The second-order valence-corrected chi connectivity index (χ2v) is 4.65. The maximum Gasteiger partial charge on any atom is 0.319 e. The van der Waals surface area contributed by atoms with Crippen LogP contribution in [0.25, 0.3) is 0 Å². The molecule has 0 radical (unpaired) electrons. The lowest BCUT2D eigenvalue weighted by molar-refractivity contribution is -0.146. The summed E-state index contributed by atoms with van der Waals surface area (Å²) in [6.07, 6.45) is 2.10. The monoisotopic (exact) mass is 293 g/mol. The SMILES string of the molecule is CCCCOC(=O)CNCCC(=O)OCc1ccccc1. The summed E-state index contributed by atoms with van der Waals surface area (Å²) >= 11 is 0. The smallest absolute Gasteiger partial charge is 0.319 e. The van der Waals surface area contributed by atoms with Gasteiger partial charge in [0.15, 0.2) is 0 Å². The fourth-order valence-corrected chi connectivity index (χ4v) is 1.57. The second kappa shape index (κ2) is 10.9. The molecule has 0 unspecified atom stereocenters. The van der Waals surface area contributed by atoms with Crippen molar-refractivity contribution in [2.24, 2.45) is 0 Å². The van der Waals surface area contributed by atoms with Crippen LogP contribution in [0.15, 0.2) is 30.3 Å². The first-order valence-electron chi connectivity index (χ1n) is 7.28. The Hall–Kier alpha value is -1.88. The van der Waals surface area contributed by atoms with Gasteiger partial charge in [-0.2, -0.15) is 0 Å². The summed E-state index contributed by atoms with van der Waals surface area (Å²) in [5.41, 5.74) is 0.957. The maximum absolute atomic E-state index is 11.5. The van der Waals surface area contributed by atoms with Crippen LogP contribution in [-0.2, 0) is 25.7 Å². The zero-order valence-electron chi connectivity index (χ0n) is 12.5. The number of rotatable bonds is 10. The Labute approximate surface area is 125 Å². The Morgan fingerprint density at radius 3 is 2.57 bits per heavy atom. The van der Waals surface area contributed by atoms with Crippen LogP contribution < -0.4 is 5.32 Å². The quantitative estimate of drug-likeness (QED) is 0.528. The van der Waals surface area contributed by atoms with Gasteiger partial charge in [0, 0.05) is 6.54 Å². The summed E-state index contributed by atoms with van der Waals surface area (Å²) in [6.45, 7) is 3.29. The lowest BCUT2D eigenvalue weighted by Gasteiger charge is -2.06. The molecule has 0 spiro atoms. The molecule has 0 saturated carbocycles. The molecule has 0 aromatic heterocycles.